The summed E-state index contributed by atoms with van der Waals surface area (Å²) in [6.45, 7) is 0. The molecule has 1 aliphatic heterocycles. The number of nitrogens with one attached hydrogen (secondary N) is 2. The molecule has 0 radical (unpaired) electrons. The second-order valence-corrected chi connectivity index (χ2v) is 3.49. The third kappa shape index (κ3) is 1.55. The van der Waals surface area contributed by atoms with E-state index in [4.69, 9.17) is 0 Å². The summed E-state index contributed by atoms with van der Waals surface area (Å²) >= 11 is 0. The maximum absolute atomic E-state index is 11.6. The molecular weight excluding hydrogens is 218 g/mol. The van der Waals surface area contributed by atoms with Crippen LogP contribution < -0.4 is 10.9 Å². The molecule has 2 N–H and O–H groups in total. The Hall–Kier alpha value is -2.63. The van der Waals surface area contributed by atoms with Gasteiger partial charge in [0.05, 0.1) is 11.9 Å². The molecule has 3 rings (SSSR count). The van der Waals surface area contributed by atoms with Crippen molar-refractivity contribution < 1.29 is 4.79 Å². The molecule has 6 nitrogen and oxygen atoms in total. The summed E-state index contributed by atoms with van der Waals surface area (Å²) in [4.78, 5) is 15.8. The number of fused-ring (bicyclic) bond motifs is 1. The van der Waals surface area contributed by atoms with E-state index in [1.165, 1.54) is 12.5 Å². The first-order valence-electron chi connectivity index (χ1n) is 5.08. The van der Waals surface area contributed by atoms with Gasteiger partial charge in [-0.2, -0.15) is 5.10 Å². The SMILES string of the molecule is O=C1NNC=Nc2c1cnn2-c1ccccc1. The van der Waals surface area contributed by atoms with Gasteiger partial charge in [0, 0.05) is 0 Å². The van der Waals surface area contributed by atoms with Crippen molar-refractivity contribution >= 4 is 18.1 Å². The number of aliphatic imine (C=N–C) groups is 1. The Labute approximate surface area is 96.9 Å². The summed E-state index contributed by atoms with van der Waals surface area (Å²) < 4.78 is 1.62. The van der Waals surface area contributed by atoms with Crippen molar-refractivity contribution in [2.45, 2.75) is 0 Å². The average Bonchev–Trinajstić information content (AvgIpc) is 2.71. The van der Waals surface area contributed by atoms with Crippen LogP contribution in [0.5, 0.6) is 0 Å². The number of nitrogens with zero attached hydrogens (tertiary/aromatic N) is 3. The van der Waals surface area contributed by atoms with Crippen LogP contribution in [-0.4, -0.2) is 22.0 Å². The molecule has 1 aromatic heterocycles. The molecule has 1 aromatic carbocycles. The Kier molecular flexibility index (Phi) is 2.11. The fourth-order valence-electron chi connectivity index (χ4n) is 1.64. The monoisotopic (exact) mass is 227 g/mol. The summed E-state index contributed by atoms with van der Waals surface area (Å²) in [6.07, 6.45) is 2.92. The Morgan fingerprint density at radius 1 is 1.18 bits per heavy atom. The summed E-state index contributed by atoms with van der Waals surface area (Å²) in [6, 6.07) is 9.53. The van der Waals surface area contributed by atoms with E-state index in [-0.39, 0.29) is 5.91 Å². The van der Waals surface area contributed by atoms with Crippen LogP contribution in [0.15, 0.2) is 41.5 Å². The number of para-hydroxylation sites is 1. The lowest BCUT2D eigenvalue weighted by atomic mass is 10.3. The number of hydrogen-bond acceptors (Lipinski definition) is 4. The van der Waals surface area contributed by atoms with Gasteiger partial charge in [-0.1, -0.05) is 18.2 Å². The molecule has 2 aromatic rings. The van der Waals surface area contributed by atoms with E-state index in [0.29, 0.717) is 11.4 Å². The fourth-order valence-corrected chi connectivity index (χ4v) is 1.64. The quantitative estimate of drug-likeness (QED) is 0.756. The standard InChI is InChI=1S/C11H9N5O/c17-11-9-6-14-16(8-4-2-1-3-5-8)10(9)12-7-13-15-11/h1-7H,(H,12,13)(H,15,17). The zero-order chi connectivity index (χ0) is 11.7. The summed E-state index contributed by atoms with van der Waals surface area (Å²) in [7, 11) is 0. The van der Waals surface area contributed by atoms with Gasteiger partial charge < -0.3 is 0 Å². The first-order chi connectivity index (χ1) is 8.36. The van der Waals surface area contributed by atoms with Crippen LogP contribution in [0.25, 0.3) is 5.69 Å². The number of benzene rings is 1. The second kappa shape index (κ2) is 3.75. The average molecular weight is 227 g/mol. The first kappa shape index (κ1) is 9.59. The summed E-state index contributed by atoms with van der Waals surface area (Å²) in [5.41, 5.74) is 6.35. The highest BCUT2D eigenvalue weighted by Gasteiger charge is 2.19. The van der Waals surface area contributed by atoms with Crippen molar-refractivity contribution in [3.63, 3.8) is 0 Å². The number of aromatic nitrogens is 2. The zero-order valence-corrected chi connectivity index (χ0v) is 8.79. The molecule has 2 heterocycles. The minimum absolute atomic E-state index is 0.250. The number of rotatable bonds is 1. The van der Waals surface area contributed by atoms with Crippen LogP contribution in [0.4, 0.5) is 5.82 Å². The van der Waals surface area contributed by atoms with Gasteiger partial charge in [-0.05, 0) is 12.1 Å². The smallest absolute Gasteiger partial charge is 0.275 e. The van der Waals surface area contributed by atoms with Gasteiger partial charge in [-0.15, -0.1) is 0 Å². The highest BCUT2D eigenvalue weighted by atomic mass is 16.2. The van der Waals surface area contributed by atoms with Gasteiger partial charge >= 0.3 is 0 Å². The van der Waals surface area contributed by atoms with Crippen LogP contribution in [0, 0.1) is 0 Å². The summed E-state index contributed by atoms with van der Waals surface area (Å²) in [5.74, 6) is 0.262. The van der Waals surface area contributed by atoms with Gasteiger partial charge in [0.25, 0.3) is 5.91 Å². The van der Waals surface area contributed by atoms with Crippen molar-refractivity contribution in [3.8, 4) is 5.69 Å². The Bertz CT molecular complexity index is 587. The molecule has 84 valence electrons. The predicted octanol–water partition coefficient (Wildman–Crippen LogP) is 0.780. The zero-order valence-electron chi connectivity index (χ0n) is 8.79. The first-order valence-corrected chi connectivity index (χ1v) is 5.08. The lowest BCUT2D eigenvalue weighted by Crippen LogP contribution is -2.34. The topological polar surface area (TPSA) is 71.3 Å². The van der Waals surface area contributed by atoms with E-state index in [0.717, 1.165) is 5.69 Å². The molecule has 0 unspecified atom stereocenters. The minimum Gasteiger partial charge on any atom is -0.288 e. The van der Waals surface area contributed by atoms with Crippen LogP contribution in [-0.2, 0) is 0 Å². The number of hydrogen-bond donors (Lipinski definition) is 2. The van der Waals surface area contributed by atoms with Gasteiger partial charge in [-0.3, -0.25) is 15.6 Å². The van der Waals surface area contributed by atoms with Crippen LogP contribution in [0.2, 0.25) is 0 Å². The molecule has 0 saturated heterocycles. The van der Waals surface area contributed by atoms with Crippen molar-refractivity contribution in [1.29, 1.82) is 0 Å². The van der Waals surface area contributed by atoms with Gasteiger partial charge in [0.2, 0.25) is 0 Å². The molecule has 1 amide bonds. The molecule has 17 heavy (non-hydrogen) atoms. The third-order valence-electron chi connectivity index (χ3n) is 2.43. The number of carbonyl (C=O) groups is 1. The maximum Gasteiger partial charge on any atom is 0.275 e. The highest BCUT2D eigenvalue weighted by molar-refractivity contribution is 6.00. The summed E-state index contributed by atoms with van der Waals surface area (Å²) in [5, 5.41) is 4.17. The minimum atomic E-state index is -0.250. The van der Waals surface area contributed by atoms with Crippen molar-refractivity contribution in [1.82, 2.24) is 20.6 Å². The number of amides is 1. The fraction of sp³-hybridized carbons (Fsp3) is 0. The molecule has 0 spiro atoms. The Morgan fingerprint density at radius 2 is 2.00 bits per heavy atom. The molecule has 0 saturated carbocycles. The number of carbonyl (C=O) groups excluding carboxylic acids is 1. The van der Waals surface area contributed by atoms with E-state index >= 15 is 0 Å². The van der Waals surface area contributed by atoms with Gasteiger partial charge in [0.1, 0.15) is 11.9 Å². The molecular formula is C11H9N5O. The molecule has 0 fully saturated rings. The van der Waals surface area contributed by atoms with Crippen molar-refractivity contribution in [3.05, 3.63) is 42.1 Å². The van der Waals surface area contributed by atoms with E-state index in [1.54, 1.807) is 4.68 Å². The maximum atomic E-state index is 11.6. The van der Waals surface area contributed by atoms with E-state index in [9.17, 15) is 4.79 Å². The number of hydrazine groups is 1. The Morgan fingerprint density at radius 3 is 2.82 bits per heavy atom. The van der Waals surface area contributed by atoms with Crippen LogP contribution in [0.3, 0.4) is 0 Å². The van der Waals surface area contributed by atoms with Crippen LogP contribution >= 0.6 is 0 Å². The lowest BCUT2D eigenvalue weighted by Gasteiger charge is -2.02. The molecule has 0 atom stereocenters. The Balaban J connectivity index is 2.17. The van der Waals surface area contributed by atoms with Gasteiger partial charge in [0.15, 0.2) is 5.82 Å². The second-order valence-electron chi connectivity index (χ2n) is 3.49. The normalized spacial score (nSPS) is 13.5. The largest absolute Gasteiger partial charge is 0.288 e. The third-order valence-corrected chi connectivity index (χ3v) is 2.43. The molecule has 0 bridgehead atoms. The van der Waals surface area contributed by atoms with Crippen molar-refractivity contribution in [2.24, 2.45) is 4.99 Å². The predicted molar refractivity (Wildman–Crippen MR) is 62.3 cm³/mol. The molecule has 6 heteroatoms. The van der Waals surface area contributed by atoms with Gasteiger partial charge in [-0.25, -0.2) is 9.67 Å². The van der Waals surface area contributed by atoms with Crippen molar-refractivity contribution in [2.75, 3.05) is 0 Å². The van der Waals surface area contributed by atoms with E-state index < -0.39 is 0 Å². The lowest BCUT2D eigenvalue weighted by molar-refractivity contribution is 0.0946. The molecule has 0 aliphatic carbocycles. The van der Waals surface area contributed by atoms with E-state index in [2.05, 4.69) is 20.9 Å². The van der Waals surface area contributed by atoms with E-state index in [1.807, 2.05) is 30.3 Å². The highest BCUT2D eigenvalue weighted by Crippen LogP contribution is 2.23. The molecule has 1 aliphatic rings. The van der Waals surface area contributed by atoms with Crippen LogP contribution in [0.1, 0.15) is 10.4 Å².